The summed E-state index contributed by atoms with van der Waals surface area (Å²) in [6.07, 6.45) is 0. The Bertz CT molecular complexity index is 511. The van der Waals surface area contributed by atoms with E-state index in [1.54, 1.807) is 18.2 Å². The smallest absolute Gasteiger partial charge is 0.145 e. The van der Waals surface area contributed by atoms with E-state index in [1.807, 2.05) is 12.1 Å². The van der Waals surface area contributed by atoms with Gasteiger partial charge in [0.2, 0.25) is 0 Å². The third-order valence-corrected chi connectivity index (χ3v) is 2.35. The van der Waals surface area contributed by atoms with E-state index in [9.17, 15) is 4.39 Å². The van der Waals surface area contributed by atoms with Crippen molar-refractivity contribution in [3.8, 4) is 5.75 Å². The zero-order chi connectivity index (χ0) is 12.3. The van der Waals surface area contributed by atoms with E-state index < -0.39 is 0 Å². The molecule has 0 spiro atoms. The molecule has 0 aliphatic heterocycles. The van der Waals surface area contributed by atoms with Crippen molar-refractivity contribution >= 4 is 17.1 Å². The van der Waals surface area contributed by atoms with Gasteiger partial charge in [0.05, 0.1) is 12.8 Å². The molecule has 3 N–H and O–H groups in total. The molecule has 88 valence electrons. The average molecular weight is 232 g/mol. The first-order valence-corrected chi connectivity index (χ1v) is 5.15. The van der Waals surface area contributed by atoms with Crippen LogP contribution in [0.25, 0.3) is 0 Å². The number of nitrogen functional groups attached to an aromatic ring is 1. The first-order chi connectivity index (χ1) is 8.19. The van der Waals surface area contributed by atoms with E-state index in [0.717, 1.165) is 5.69 Å². The van der Waals surface area contributed by atoms with Crippen LogP contribution in [0.4, 0.5) is 21.5 Å². The van der Waals surface area contributed by atoms with Crippen LogP contribution in [-0.4, -0.2) is 7.11 Å². The van der Waals surface area contributed by atoms with Crippen LogP contribution in [0, 0.1) is 5.82 Å². The molecule has 2 rings (SSSR count). The molecule has 0 radical (unpaired) electrons. The molecule has 0 fully saturated rings. The van der Waals surface area contributed by atoms with E-state index in [1.165, 1.54) is 19.2 Å². The van der Waals surface area contributed by atoms with Gasteiger partial charge in [-0.15, -0.1) is 0 Å². The molecule has 0 saturated heterocycles. The van der Waals surface area contributed by atoms with Gasteiger partial charge in [-0.3, -0.25) is 0 Å². The highest BCUT2D eigenvalue weighted by Crippen LogP contribution is 2.28. The maximum Gasteiger partial charge on any atom is 0.145 e. The Kier molecular flexibility index (Phi) is 3.14. The summed E-state index contributed by atoms with van der Waals surface area (Å²) < 4.78 is 18.1. The van der Waals surface area contributed by atoms with Crippen LogP contribution in [-0.2, 0) is 0 Å². The molecule has 0 aromatic heterocycles. The molecule has 0 unspecified atom stereocenters. The minimum Gasteiger partial charge on any atom is -0.494 e. The SMILES string of the molecule is COc1cc(F)ccc1Nc1ccc(N)cc1. The first kappa shape index (κ1) is 11.3. The van der Waals surface area contributed by atoms with Crippen LogP contribution >= 0.6 is 0 Å². The first-order valence-electron chi connectivity index (χ1n) is 5.15. The molecular formula is C13H13FN2O. The second-order valence-electron chi connectivity index (χ2n) is 3.59. The van der Waals surface area contributed by atoms with Crippen LogP contribution in [0.15, 0.2) is 42.5 Å². The Labute approximate surface area is 99.0 Å². The summed E-state index contributed by atoms with van der Waals surface area (Å²) in [5.41, 5.74) is 7.86. The Morgan fingerprint density at radius 3 is 2.47 bits per heavy atom. The highest BCUT2D eigenvalue weighted by atomic mass is 19.1. The fraction of sp³-hybridized carbons (Fsp3) is 0.0769. The van der Waals surface area contributed by atoms with Crippen LogP contribution in [0.2, 0.25) is 0 Å². The predicted octanol–water partition coefficient (Wildman–Crippen LogP) is 3.16. The second kappa shape index (κ2) is 4.74. The second-order valence-corrected chi connectivity index (χ2v) is 3.59. The summed E-state index contributed by atoms with van der Waals surface area (Å²) in [5.74, 6) is 0.131. The van der Waals surface area contributed by atoms with Crippen molar-refractivity contribution in [1.82, 2.24) is 0 Å². The van der Waals surface area contributed by atoms with Crippen molar-refractivity contribution in [2.75, 3.05) is 18.2 Å². The van der Waals surface area contributed by atoms with Gasteiger partial charge in [0, 0.05) is 17.4 Å². The summed E-state index contributed by atoms with van der Waals surface area (Å²) in [5, 5.41) is 3.13. The lowest BCUT2D eigenvalue weighted by Gasteiger charge is -2.11. The Morgan fingerprint density at radius 1 is 1.12 bits per heavy atom. The van der Waals surface area contributed by atoms with Crippen LogP contribution in [0.5, 0.6) is 5.75 Å². The van der Waals surface area contributed by atoms with Crippen LogP contribution in [0.1, 0.15) is 0 Å². The molecule has 0 bridgehead atoms. The van der Waals surface area contributed by atoms with Crippen molar-refractivity contribution in [2.45, 2.75) is 0 Å². The number of ether oxygens (including phenoxy) is 1. The lowest BCUT2D eigenvalue weighted by Crippen LogP contribution is -1.95. The third-order valence-electron chi connectivity index (χ3n) is 2.35. The normalized spacial score (nSPS) is 10.0. The third kappa shape index (κ3) is 2.66. The Hall–Kier alpha value is -2.23. The topological polar surface area (TPSA) is 47.3 Å². The maximum atomic E-state index is 13.0. The fourth-order valence-electron chi connectivity index (χ4n) is 1.49. The molecule has 2 aromatic carbocycles. The number of nitrogens with one attached hydrogen (secondary N) is 1. The molecule has 3 nitrogen and oxygen atoms in total. The fourth-order valence-corrected chi connectivity index (χ4v) is 1.49. The maximum absolute atomic E-state index is 13.0. The van der Waals surface area contributed by atoms with Crippen molar-refractivity contribution in [2.24, 2.45) is 0 Å². The molecule has 0 saturated carbocycles. The highest BCUT2D eigenvalue weighted by molar-refractivity contribution is 5.67. The Balaban J connectivity index is 2.26. The summed E-state index contributed by atoms with van der Waals surface area (Å²) in [7, 11) is 1.50. The number of halogens is 1. The van der Waals surface area contributed by atoms with Crippen molar-refractivity contribution < 1.29 is 9.13 Å². The van der Waals surface area contributed by atoms with E-state index in [2.05, 4.69) is 5.32 Å². The zero-order valence-corrected chi connectivity index (χ0v) is 9.41. The van der Waals surface area contributed by atoms with Crippen molar-refractivity contribution in [3.63, 3.8) is 0 Å². The molecule has 0 heterocycles. The van der Waals surface area contributed by atoms with Gasteiger partial charge < -0.3 is 15.8 Å². The number of methoxy groups -OCH3 is 1. The minimum absolute atomic E-state index is 0.329. The predicted molar refractivity (Wildman–Crippen MR) is 67.1 cm³/mol. The molecule has 0 aliphatic carbocycles. The van der Waals surface area contributed by atoms with E-state index in [4.69, 9.17) is 10.5 Å². The lowest BCUT2D eigenvalue weighted by molar-refractivity contribution is 0.413. The van der Waals surface area contributed by atoms with Gasteiger partial charge in [-0.1, -0.05) is 0 Å². The van der Waals surface area contributed by atoms with Gasteiger partial charge in [0.1, 0.15) is 11.6 Å². The van der Waals surface area contributed by atoms with E-state index in [0.29, 0.717) is 17.1 Å². The molecular weight excluding hydrogens is 219 g/mol. The average Bonchev–Trinajstić information content (AvgIpc) is 2.34. The zero-order valence-electron chi connectivity index (χ0n) is 9.41. The van der Waals surface area contributed by atoms with E-state index in [-0.39, 0.29) is 5.82 Å². The van der Waals surface area contributed by atoms with Crippen LogP contribution in [0.3, 0.4) is 0 Å². The molecule has 0 atom stereocenters. The van der Waals surface area contributed by atoms with Gasteiger partial charge in [-0.25, -0.2) is 4.39 Å². The number of anilines is 3. The van der Waals surface area contributed by atoms with Gasteiger partial charge in [-0.05, 0) is 36.4 Å². The summed E-state index contributed by atoms with van der Waals surface area (Å²) in [6, 6.07) is 11.6. The Morgan fingerprint density at radius 2 is 1.82 bits per heavy atom. The van der Waals surface area contributed by atoms with E-state index >= 15 is 0 Å². The summed E-state index contributed by atoms with van der Waals surface area (Å²) in [4.78, 5) is 0. The molecule has 0 aliphatic rings. The quantitative estimate of drug-likeness (QED) is 0.799. The molecule has 0 amide bonds. The van der Waals surface area contributed by atoms with Gasteiger partial charge in [-0.2, -0.15) is 0 Å². The highest BCUT2D eigenvalue weighted by Gasteiger charge is 2.04. The standard InChI is InChI=1S/C13H13FN2O/c1-17-13-8-9(14)2-7-12(13)16-11-5-3-10(15)4-6-11/h2-8,16H,15H2,1H3. The number of rotatable bonds is 3. The van der Waals surface area contributed by atoms with Gasteiger partial charge in [0.15, 0.2) is 0 Å². The lowest BCUT2D eigenvalue weighted by atomic mass is 10.2. The van der Waals surface area contributed by atoms with Gasteiger partial charge >= 0.3 is 0 Å². The summed E-state index contributed by atoms with van der Waals surface area (Å²) in [6.45, 7) is 0. The molecule has 17 heavy (non-hydrogen) atoms. The number of hydrogen-bond acceptors (Lipinski definition) is 3. The molecule has 4 heteroatoms. The summed E-state index contributed by atoms with van der Waals surface area (Å²) >= 11 is 0. The van der Waals surface area contributed by atoms with Crippen LogP contribution < -0.4 is 15.8 Å². The molecule has 2 aromatic rings. The minimum atomic E-state index is -0.329. The number of benzene rings is 2. The van der Waals surface area contributed by atoms with Crippen molar-refractivity contribution in [1.29, 1.82) is 0 Å². The van der Waals surface area contributed by atoms with Crippen molar-refractivity contribution in [3.05, 3.63) is 48.3 Å². The monoisotopic (exact) mass is 232 g/mol. The largest absolute Gasteiger partial charge is 0.494 e. The number of hydrogen-bond donors (Lipinski definition) is 2. The number of nitrogens with two attached hydrogens (primary N) is 1. The van der Waals surface area contributed by atoms with Gasteiger partial charge in [0.25, 0.3) is 0 Å².